The van der Waals surface area contributed by atoms with Crippen molar-refractivity contribution in [1.82, 2.24) is 24.8 Å². The second-order valence-corrected chi connectivity index (χ2v) is 6.92. The lowest BCUT2D eigenvalue weighted by Gasteiger charge is -2.20. The number of carbonyl (C=O) groups excluding carboxylic acids is 2. The van der Waals surface area contributed by atoms with E-state index in [1.54, 1.807) is 22.8 Å². The smallest absolute Gasteiger partial charge is 0.275 e. The first-order valence-electron chi connectivity index (χ1n) is 8.95. The Bertz CT molecular complexity index is 801. The molecule has 1 aliphatic heterocycles. The third kappa shape index (κ3) is 3.92. The Morgan fingerprint density at radius 3 is 2.81 bits per heavy atom. The van der Waals surface area contributed by atoms with E-state index in [1.807, 2.05) is 30.0 Å². The van der Waals surface area contributed by atoms with Gasteiger partial charge in [-0.25, -0.2) is 4.68 Å². The number of likely N-dealkylation sites (tertiary alicyclic amines) is 1. The lowest BCUT2D eigenvalue weighted by atomic mass is 10.1. The van der Waals surface area contributed by atoms with Crippen molar-refractivity contribution in [2.45, 2.75) is 26.8 Å². The summed E-state index contributed by atoms with van der Waals surface area (Å²) in [6.45, 7) is 6.59. The van der Waals surface area contributed by atoms with Crippen molar-refractivity contribution in [1.29, 1.82) is 0 Å². The molecule has 138 valence electrons. The fourth-order valence-corrected chi connectivity index (χ4v) is 3.38. The Morgan fingerprint density at radius 2 is 2.12 bits per heavy atom. The van der Waals surface area contributed by atoms with Gasteiger partial charge in [0.1, 0.15) is 0 Å². The van der Waals surface area contributed by atoms with Crippen LogP contribution in [0.25, 0.3) is 0 Å². The summed E-state index contributed by atoms with van der Waals surface area (Å²) in [6.07, 6.45) is 2.19. The molecule has 1 fully saturated rings. The van der Waals surface area contributed by atoms with Crippen molar-refractivity contribution >= 4 is 11.8 Å². The van der Waals surface area contributed by atoms with E-state index in [2.05, 4.69) is 23.3 Å². The monoisotopic (exact) mass is 355 g/mol. The van der Waals surface area contributed by atoms with Crippen LogP contribution in [0.3, 0.4) is 0 Å². The first-order valence-corrected chi connectivity index (χ1v) is 8.95. The fourth-order valence-electron chi connectivity index (χ4n) is 3.38. The van der Waals surface area contributed by atoms with E-state index in [0.717, 1.165) is 12.1 Å². The average molecular weight is 355 g/mol. The minimum atomic E-state index is -0.163. The topological polar surface area (TPSA) is 71.3 Å². The summed E-state index contributed by atoms with van der Waals surface area (Å²) < 4.78 is 1.68. The largest absolute Gasteiger partial charge is 0.343 e. The van der Waals surface area contributed by atoms with Crippen LogP contribution in [0.2, 0.25) is 0 Å². The highest BCUT2D eigenvalue weighted by Crippen LogP contribution is 2.18. The molecule has 1 aliphatic rings. The summed E-state index contributed by atoms with van der Waals surface area (Å²) in [6, 6.07) is 8.08. The van der Waals surface area contributed by atoms with Crippen LogP contribution in [-0.2, 0) is 11.3 Å². The van der Waals surface area contributed by atoms with Gasteiger partial charge in [-0.3, -0.25) is 9.59 Å². The Labute approximate surface area is 153 Å². The van der Waals surface area contributed by atoms with Gasteiger partial charge in [-0.2, -0.15) is 0 Å². The van der Waals surface area contributed by atoms with E-state index in [1.165, 1.54) is 5.56 Å². The standard InChI is InChI=1S/C19H25N5O2/c1-4-23-11-15(9-18(23)25)10-22(3)19(26)17-13-24(21-20-17)12-16-8-6-5-7-14(16)2/h5-8,13,15H,4,9-12H2,1-3H3. The van der Waals surface area contributed by atoms with Gasteiger partial charge in [-0.05, 0) is 25.0 Å². The molecule has 1 saturated heterocycles. The predicted octanol–water partition coefficient (Wildman–Crippen LogP) is 1.58. The van der Waals surface area contributed by atoms with E-state index < -0.39 is 0 Å². The Hall–Kier alpha value is -2.70. The molecule has 0 aliphatic carbocycles. The quantitative estimate of drug-likeness (QED) is 0.789. The van der Waals surface area contributed by atoms with Crippen molar-refractivity contribution in [2.24, 2.45) is 5.92 Å². The molecule has 0 N–H and O–H groups in total. The summed E-state index contributed by atoms with van der Waals surface area (Å²) in [7, 11) is 1.75. The van der Waals surface area contributed by atoms with Crippen molar-refractivity contribution in [3.05, 3.63) is 47.3 Å². The first kappa shape index (κ1) is 18.1. The van der Waals surface area contributed by atoms with Crippen LogP contribution >= 0.6 is 0 Å². The molecule has 1 unspecified atom stereocenters. The van der Waals surface area contributed by atoms with Gasteiger partial charge in [0.05, 0.1) is 12.7 Å². The van der Waals surface area contributed by atoms with E-state index in [9.17, 15) is 9.59 Å². The van der Waals surface area contributed by atoms with Gasteiger partial charge in [-0.1, -0.05) is 29.5 Å². The molecule has 7 heteroatoms. The molecule has 2 heterocycles. The lowest BCUT2D eigenvalue weighted by Crippen LogP contribution is -2.33. The third-order valence-corrected chi connectivity index (χ3v) is 4.91. The van der Waals surface area contributed by atoms with Crippen LogP contribution < -0.4 is 0 Å². The van der Waals surface area contributed by atoms with Crippen molar-refractivity contribution < 1.29 is 9.59 Å². The van der Waals surface area contributed by atoms with Crippen LogP contribution in [0.5, 0.6) is 0 Å². The van der Waals surface area contributed by atoms with Gasteiger partial charge < -0.3 is 9.80 Å². The zero-order valence-corrected chi connectivity index (χ0v) is 15.6. The van der Waals surface area contributed by atoms with Crippen molar-refractivity contribution in [2.75, 3.05) is 26.7 Å². The van der Waals surface area contributed by atoms with E-state index in [4.69, 9.17) is 0 Å². The number of aryl methyl sites for hydroxylation is 1. The highest BCUT2D eigenvalue weighted by atomic mass is 16.2. The van der Waals surface area contributed by atoms with Gasteiger partial charge >= 0.3 is 0 Å². The summed E-state index contributed by atoms with van der Waals surface area (Å²) >= 11 is 0. The Kier molecular flexibility index (Phi) is 5.35. The summed E-state index contributed by atoms with van der Waals surface area (Å²) in [5.74, 6) is 0.185. The number of benzene rings is 1. The molecular weight excluding hydrogens is 330 g/mol. The molecule has 1 aromatic heterocycles. The second-order valence-electron chi connectivity index (χ2n) is 6.92. The molecule has 0 bridgehead atoms. The molecule has 2 aromatic rings. The molecule has 0 spiro atoms. The van der Waals surface area contributed by atoms with Gasteiger partial charge in [0.25, 0.3) is 5.91 Å². The van der Waals surface area contributed by atoms with Crippen LogP contribution in [0.1, 0.15) is 35.0 Å². The predicted molar refractivity (Wildman–Crippen MR) is 97.6 cm³/mol. The van der Waals surface area contributed by atoms with Gasteiger partial charge in [0, 0.05) is 39.0 Å². The van der Waals surface area contributed by atoms with Crippen molar-refractivity contribution in [3.63, 3.8) is 0 Å². The number of carbonyl (C=O) groups is 2. The molecule has 0 radical (unpaired) electrons. The summed E-state index contributed by atoms with van der Waals surface area (Å²) in [5, 5.41) is 8.11. The molecule has 26 heavy (non-hydrogen) atoms. The summed E-state index contributed by atoms with van der Waals surface area (Å²) in [5.41, 5.74) is 2.66. The maximum absolute atomic E-state index is 12.6. The number of aromatic nitrogens is 3. The van der Waals surface area contributed by atoms with Gasteiger partial charge in [0.15, 0.2) is 5.69 Å². The normalized spacial score (nSPS) is 17.0. The minimum Gasteiger partial charge on any atom is -0.343 e. The zero-order chi connectivity index (χ0) is 18.7. The second kappa shape index (κ2) is 7.68. The van der Waals surface area contributed by atoms with Crippen molar-refractivity contribution in [3.8, 4) is 0 Å². The average Bonchev–Trinajstić information content (AvgIpc) is 3.22. The SMILES string of the molecule is CCN1CC(CN(C)C(=O)c2cn(Cc3ccccc3C)nn2)CC1=O. The summed E-state index contributed by atoms with van der Waals surface area (Å²) in [4.78, 5) is 27.9. The van der Waals surface area contributed by atoms with Crippen LogP contribution in [0, 0.1) is 12.8 Å². The number of amides is 2. The minimum absolute atomic E-state index is 0.163. The highest BCUT2D eigenvalue weighted by Gasteiger charge is 2.30. The molecule has 0 saturated carbocycles. The molecule has 1 atom stereocenters. The third-order valence-electron chi connectivity index (χ3n) is 4.91. The molecule has 2 amide bonds. The number of rotatable bonds is 6. The fraction of sp³-hybridized carbons (Fsp3) is 0.474. The van der Waals surface area contributed by atoms with E-state index in [-0.39, 0.29) is 17.7 Å². The Balaban J connectivity index is 1.61. The molecule has 3 rings (SSSR count). The molecule has 7 nitrogen and oxygen atoms in total. The Morgan fingerprint density at radius 1 is 1.35 bits per heavy atom. The molecular formula is C19H25N5O2. The number of hydrogen-bond acceptors (Lipinski definition) is 4. The highest BCUT2D eigenvalue weighted by molar-refractivity contribution is 5.91. The van der Waals surface area contributed by atoms with Crippen LogP contribution in [0.4, 0.5) is 0 Å². The van der Waals surface area contributed by atoms with E-state index >= 15 is 0 Å². The maximum atomic E-state index is 12.6. The molecule has 1 aromatic carbocycles. The van der Waals surface area contributed by atoms with E-state index in [0.29, 0.717) is 31.7 Å². The lowest BCUT2D eigenvalue weighted by molar-refractivity contribution is -0.127. The number of hydrogen-bond donors (Lipinski definition) is 0. The number of nitrogens with zero attached hydrogens (tertiary/aromatic N) is 5. The van der Waals surface area contributed by atoms with Gasteiger partial charge in [-0.15, -0.1) is 5.10 Å². The first-order chi connectivity index (χ1) is 12.5. The zero-order valence-electron chi connectivity index (χ0n) is 15.6. The van der Waals surface area contributed by atoms with Gasteiger partial charge in [0.2, 0.25) is 5.91 Å². The van der Waals surface area contributed by atoms with Crippen LogP contribution in [-0.4, -0.2) is 63.3 Å². The van der Waals surface area contributed by atoms with Crippen LogP contribution in [0.15, 0.2) is 30.5 Å². The maximum Gasteiger partial charge on any atom is 0.275 e.